The van der Waals surface area contributed by atoms with E-state index in [2.05, 4.69) is 4.98 Å². The molecule has 6 nitrogen and oxygen atoms in total. The average molecular weight is 307 g/mol. The molecule has 0 saturated carbocycles. The lowest BCUT2D eigenvalue weighted by molar-refractivity contribution is 0.170. The van der Waals surface area contributed by atoms with Crippen LogP contribution in [-0.4, -0.2) is 42.5 Å². The minimum absolute atomic E-state index is 0.0143. The van der Waals surface area contributed by atoms with Crippen molar-refractivity contribution >= 4 is 21.6 Å². The van der Waals surface area contributed by atoms with E-state index in [0.29, 0.717) is 25.9 Å². The van der Waals surface area contributed by atoms with Crippen LogP contribution in [0, 0.1) is 5.92 Å². The van der Waals surface area contributed by atoms with Crippen molar-refractivity contribution in [1.29, 1.82) is 0 Å². The summed E-state index contributed by atoms with van der Waals surface area (Å²) in [6.45, 7) is 0.812. The Bertz CT molecular complexity index is 605. The quantitative estimate of drug-likeness (QED) is 0.847. The highest BCUT2D eigenvalue weighted by atomic mass is 35.5. The number of pyridine rings is 1. The summed E-state index contributed by atoms with van der Waals surface area (Å²) in [4.78, 5) is 13.4. The second-order valence-corrected chi connectivity index (χ2v) is 6.89. The van der Waals surface area contributed by atoms with E-state index in [4.69, 9.17) is 16.7 Å². The first-order valence-electron chi connectivity index (χ1n) is 5.94. The maximum Gasteiger partial charge on any atom is 0.266 e. The lowest BCUT2D eigenvalue weighted by Gasteiger charge is -2.30. The molecule has 19 heavy (non-hydrogen) atoms. The highest BCUT2D eigenvalue weighted by Gasteiger charge is 2.29. The average Bonchev–Trinajstić information content (AvgIpc) is 2.41. The minimum Gasteiger partial charge on any atom is -0.396 e. The van der Waals surface area contributed by atoms with Gasteiger partial charge in [-0.2, -0.15) is 4.31 Å². The van der Waals surface area contributed by atoms with E-state index in [0.717, 1.165) is 12.3 Å². The molecule has 1 fully saturated rings. The summed E-state index contributed by atoms with van der Waals surface area (Å²) in [7, 11) is -3.64. The van der Waals surface area contributed by atoms with Crippen LogP contribution in [0.25, 0.3) is 0 Å². The van der Waals surface area contributed by atoms with Crippen LogP contribution in [0.1, 0.15) is 12.8 Å². The number of aromatic amines is 1. The van der Waals surface area contributed by atoms with Crippen molar-refractivity contribution in [2.75, 3.05) is 19.7 Å². The number of nitrogens with one attached hydrogen (secondary N) is 1. The summed E-state index contributed by atoms with van der Waals surface area (Å²) in [6, 6.07) is 1.16. The van der Waals surface area contributed by atoms with E-state index >= 15 is 0 Å². The van der Waals surface area contributed by atoms with Crippen LogP contribution in [0.2, 0.25) is 5.02 Å². The summed E-state index contributed by atoms with van der Waals surface area (Å²) in [6.07, 6.45) is 2.42. The number of aliphatic hydroxyl groups excluding tert-OH is 1. The van der Waals surface area contributed by atoms with Crippen LogP contribution in [0.3, 0.4) is 0 Å². The maximum absolute atomic E-state index is 12.3. The number of hydrogen-bond donors (Lipinski definition) is 2. The second kappa shape index (κ2) is 5.62. The molecule has 0 aliphatic carbocycles. The SMILES string of the molecule is O=c1[nH]cc(S(=O)(=O)N2CCC(CO)CC2)cc1Cl. The van der Waals surface area contributed by atoms with Gasteiger partial charge < -0.3 is 10.1 Å². The van der Waals surface area contributed by atoms with Crippen LogP contribution in [0.4, 0.5) is 0 Å². The van der Waals surface area contributed by atoms with E-state index in [-0.39, 0.29) is 22.4 Å². The third-order valence-corrected chi connectivity index (χ3v) is 5.46. The third kappa shape index (κ3) is 3.00. The Morgan fingerprint density at radius 3 is 2.58 bits per heavy atom. The normalized spacial score (nSPS) is 18.6. The molecule has 1 aromatic heterocycles. The van der Waals surface area contributed by atoms with E-state index < -0.39 is 15.6 Å². The number of nitrogens with zero attached hydrogens (tertiary/aromatic N) is 1. The first kappa shape index (κ1) is 14.5. The van der Waals surface area contributed by atoms with Gasteiger partial charge in [-0.15, -0.1) is 0 Å². The van der Waals surface area contributed by atoms with E-state index in [1.165, 1.54) is 4.31 Å². The molecule has 1 saturated heterocycles. The van der Waals surface area contributed by atoms with Gasteiger partial charge in [0.1, 0.15) is 5.02 Å². The van der Waals surface area contributed by atoms with E-state index in [1.54, 1.807) is 0 Å². The molecule has 2 rings (SSSR count). The van der Waals surface area contributed by atoms with Crippen molar-refractivity contribution in [2.24, 2.45) is 5.92 Å². The first-order chi connectivity index (χ1) is 8.95. The predicted molar refractivity (Wildman–Crippen MR) is 70.6 cm³/mol. The lowest BCUT2D eigenvalue weighted by atomic mass is 10.00. The van der Waals surface area contributed by atoms with Crippen molar-refractivity contribution < 1.29 is 13.5 Å². The molecule has 0 atom stereocenters. The number of rotatable bonds is 3. The van der Waals surface area contributed by atoms with Gasteiger partial charge in [-0.3, -0.25) is 4.79 Å². The van der Waals surface area contributed by atoms with E-state index in [9.17, 15) is 13.2 Å². The number of aromatic nitrogens is 1. The molecule has 0 unspecified atom stereocenters. The zero-order chi connectivity index (χ0) is 14.0. The summed E-state index contributed by atoms with van der Waals surface area (Å²) in [5.41, 5.74) is -0.514. The Labute approximate surface area is 116 Å². The highest BCUT2D eigenvalue weighted by molar-refractivity contribution is 7.89. The van der Waals surface area contributed by atoms with Crippen LogP contribution >= 0.6 is 11.6 Å². The molecule has 0 amide bonds. The minimum atomic E-state index is -3.64. The monoisotopic (exact) mass is 306 g/mol. The largest absolute Gasteiger partial charge is 0.396 e. The Morgan fingerprint density at radius 2 is 2.05 bits per heavy atom. The summed E-state index contributed by atoms with van der Waals surface area (Å²) >= 11 is 5.64. The van der Waals surface area contributed by atoms with Crippen molar-refractivity contribution in [3.8, 4) is 0 Å². The van der Waals surface area contributed by atoms with Crippen molar-refractivity contribution in [3.05, 3.63) is 27.6 Å². The van der Waals surface area contributed by atoms with Gasteiger partial charge >= 0.3 is 0 Å². The molecule has 1 aromatic rings. The second-order valence-electron chi connectivity index (χ2n) is 4.54. The van der Waals surface area contributed by atoms with Gasteiger partial charge in [-0.05, 0) is 24.8 Å². The predicted octanol–water partition coefficient (Wildman–Crippen LogP) is 0.421. The van der Waals surface area contributed by atoms with Gasteiger partial charge in [0.25, 0.3) is 5.56 Å². The summed E-state index contributed by atoms with van der Waals surface area (Å²) < 4.78 is 26.0. The number of halogens is 1. The zero-order valence-electron chi connectivity index (χ0n) is 10.2. The van der Waals surface area contributed by atoms with Gasteiger partial charge in [0.05, 0.1) is 4.90 Å². The molecular weight excluding hydrogens is 292 g/mol. The lowest BCUT2D eigenvalue weighted by Crippen LogP contribution is -2.39. The fraction of sp³-hybridized carbons (Fsp3) is 0.545. The number of H-pyrrole nitrogens is 1. The smallest absolute Gasteiger partial charge is 0.266 e. The molecule has 0 bridgehead atoms. The van der Waals surface area contributed by atoms with Crippen LogP contribution in [-0.2, 0) is 10.0 Å². The van der Waals surface area contributed by atoms with Gasteiger partial charge in [0.15, 0.2) is 0 Å². The van der Waals surface area contributed by atoms with Crippen LogP contribution < -0.4 is 5.56 Å². The Hall–Kier alpha value is -0.890. The van der Waals surface area contributed by atoms with Gasteiger partial charge in [-0.1, -0.05) is 11.6 Å². The number of hydrogen-bond acceptors (Lipinski definition) is 4. The fourth-order valence-electron chi connectivity index (χ4n) is 2.07. The number of sulfonamides is 1. The van der Waals surface area contributed by atoms with Crippen molar-refractivity contribution in [2.45, 2.75) is 17.7 Å². The van der Waals surface area contributed by atoms with Gasteiger partial charge in [0, 0.05) is 25.9 Å². The standard InChI is InChI=1S/C11H15ClN2O4S/c12-10-5-9(6-13-11(10)16)19(17,18)14-3-1-8(7-15)2-4-14/h5-6,8,15H,1-4,7H2,(H,13,16). The number of piperidine rings is 1. The molecule has 0 aromatic carbocycles. The van der Waals surface area contributed by atoms with Crippen molar-refractivity contribution in [1.82, 2.24) is 9.29 Å². The summed E-state index contributed by atoms with van der Waals surface area (Å²) in [5, 5.41) is 8.89. The number of aliphatic hydroxyl groups is 1. The zero-order valence-corrected chi connectivity index (χ0v) is 11.7. The Balaban J connectivity index is 2.23. The molecule has 8 heteroatoms. The topological polar surface area (TPSA) is 90.5 Å². The Kier molecular flexibility index (Phi) is 4.29. The highest BCUT2D eigenvalue weighted by Crippen LogP contribution is 2.23. The van der Waals surface area contributed by atoms with Gasteiger partial charge in [-0.25, -0.2) is 8.42 Å². The third-order valence-electron chi connectivity index (χ3n) is 3.30. The van der Waals surface area contributed by atoms with Crippen LogP contribution in [0.15, 0.2) is 22.0 Å². The van der Waals surface area contributed by atoms with Crippen LogP contribution in [0.5, 0.6) is 0 Å². The summed E-state index contributed by atoms with van der Waals surface area (Å²) in [5.74, 6) is 0.158. The van der Waals surface area contributed by atoms with E-state index in [1.807, 2.05) is 0 Å². The molecule has 0 radical (unpaired) electrons. The molecule has 106 valence electrons. The maximum atomic E-state index is 12.3. The first-order valence-corrected chi connectivity index (χ1v) is 7.76. The molecule has 1 aliphatic rings. The van der Waals surface area contributed by atoms with Crippen molar-refractivity contribution in [3.63, 3.8) is 0 Å². The molecule has 2 heterocycles. The molecule has 1 aliphatic heterocycles. The molecular formula is C11H15ClN2O4S. The molecule has 0 spiro atoms. The molecule has 2 N–H and O–H groups in total. The Morgan fingerprint density at radius 1 is 1.42 bits per heavy atom. The fourth-order valence-corrected chi connectivity index (χ4v) is 3.77. The van der Waals surface area contributed by atoms with Gasteiger partial charge in [0.2, 0.25) is 10.0 Å².